The van der Waals surface area contributed by atoms with Gasteiger partial charge in [-0.2, -0.15) is 8.42 Å². The van der Waals surface area contributed by atoms with Crippen molar-refractivity contribution < 1.29 is 13.0 Å². The van der Waals surface area contributed by atoms with Crippen molar-refractivity contribution in [1.82, 2.24) is 0 Å². The van der Waals surface area contributed by atoms with Gasteiger partial charge in [-0.25, -0.2) is 0 Å². The van der Waals surface area contributed by atoms with E-state index in [4.69, 9.17) is 0 Å². The number of hydrogen-bond donors (Lipinski definition) is 1. The average Bonchev–Trinajstić information content (AvgIpc) is 2.53. The SMILES string of the molecule is CCCCCCCCCCCC(CCCCCCCC)S(=O)(=O)O.[NaH]. The van der Waals surface area contributed by atoms with Crippen molar-refractivity contribution in [2.24, 2.45) is 0 Å². The molecule has 0 aromatic carbocycles. The first-order valence-electron chi connectivity index (χ1n) is 10.5. The van der Waals surface area contributed by atoms with Crippen molar-refractivity contribution in [2.45, 2.75) is 128 Å². The van der Waals surface area contributed by atoms with Crippen LogP contribution in [0.15, 0.2) is 0 Å². The third kappa shape index (κ3) is 19.5. The molecule has 0 fully saturated rings. The summed E-state index contributed by atoms with van der Waals surface area (Å²) in [7, 11) is -3.87. The average molecular weight is 387 g/mol. The Bertz CT molecular complexity index is 358. The monoisotopic (exact) mass is 386 g/mol. The van der Waals surface area contributed by atoms with Crippen molar-refractivity contribution in [1.29, 1.82) is 0 Å². The van der Waals surface area contributed by atoms with Gasteiger partial charge in [0, 0.05) is 0 Å². The van der Waals surface area contributed by atoms with E-state index in [9.17, 15) is 13.0 Å². The van der Waals surface area contributed by atoms with Gasteiger partial charge in [-0.15, -0.1) is 0 Å². The second-order valence-corrected chi connectivity index (χ2v) is 9.01. The molecular weight excluding hydrogens is 343 g/mol. The summed E-state index contributed by atoms with van der Waals surface area (Å²) in [6.45, 7) is 4.43. The van der Waals surface area contributed by atoms with Gasteiger partial charge < -0.3 is 0 Å². The van der Waals surface area contributed by atoms with Crippen molar-refractivity contribution in [3.8, 4) is 0 Å². The Morgan fingerprint density at radius 1 is 0.600 bits per heavy atom. The van der Waals surface area contributed by atoms with Crippen LogP contribution in [-0.4, -0.2) is 47.8 Å². The topological polar surface area (TPSA) is 54.4 Å². The minimum absolute atomic E-state index is 0. The molecule has 1 N–H and O–H groups in total. The Balaban J connectivity index is 0. The fourth-order valence-corrected chi connectivity index (χ4v) is 4.21. The molecule has 5 heteroatoms. The summed E-state index contributed by atoms with van der Waals surface area (Å²) >= 11 is 0. The van der Waals surface area contributed by atoms with Crippen LogP contribution in [0.1, 0.15) is 123 Å². The van der Waals surface area contributed by atoms with Crippen LogP contribution in [0.4, 0.5) is 0 Å². The summed E-state index contributed by atoms with van der Waals surface area (Å²) < 4.78 is 32.5. The van der Waals surface area contributed by atoms with E-state index in [0.717, 1.165) is 25.7 Å². The molecule has 1 unspecified atom stereocenters. The number of rotatable bonds is 18. The minimum atomic E-state index is -3.87. The second-order valence-electron chi connectivity index (χ2n) is 7.31. The zero-order valence-electron chi connectivity index (χ0n) is 16.3. The van der Waals surface area contributed by atoms with Crippen LogP contribution in [0, 0.1) is 0 Å². The maximum atomic E-state index is 11.5. The molecule has 0 bridgehead atoms. The molecule has 0 aliphatic heterocycles. The molecule has 0 spiro atoms. The number of hydrogen-bond acceptors (Lipinski definition) is 2. The zero-order valence-corrected chi connectivity index (χ0v) is 17.1. The first-order valence-corrected chi connectivity index (χ1v) is 12.0. The van der Waals surface area contributed by atoms with Crippen molar-refractivity contribution in [2.75, 3.05) is 0 Å². The number of unbranched alkanes of at least 4 members (excludes halogenated alkanes) is 13. The molecule has 3 nitrogen and oxygen atoms in total. The third-order valence-corrected chi connectivity index (χ3v) is 6.24. The molecule has 1 atom stereocenters. The van der Waals surface area contributed by atoms with E-state index in [1.165, 1.54) is 70.6 Å². The zero-order chi connectivity index (χ0) is 18.1. The standard InChI is InChI=1S/C20H42O3S.Na.H/c1-3-5-7-9-11-12-13-15-17-19-20(24(21,22)23)18-16-14-10-8-6-4-2;;/h20H,3-19H2,1-2H3,(H,21,22,23);;. The maximum absolute atomic E-state index is 11.5. The van der Waals surface area contributed by atoms with E-state index in [2.05, 4.69) is 13.8 Å². The van der Waals surface area contributed by atoms with Gasteiger partial charge in [0.25, 0.3) is 10.1 Å². The Kier molecular flexibility index (Phi) is 22.1. The molecule has 0 radical (unpaired) electrons. The van der Waals surface area contributed by atoms with Gasteiger partial charge >= 0.3 is 29.6 Å². The van der Waals surface area contributed by atoms with Crippen molar-refractivity contribution >= 4 is 39.7 Å². The Hall–Kier alpha value is 0.910. The van der Waals surface area contributed by atoms with Crippen molar-refractivity contribution in [3.05, 3.63) is 0 Å². The van der Waals surface area contributed by atoms with Gasteiger partial charge in [0.1, 0.15) is 0 Å². The van der Waals surface area contributed by atoms with Gasteiger partial charge in [0.05, 0.1) is 5.25 Å². The third-order valence-electron chi connectivity index (χ3n) is 4.93. The molecule has 0 aromatic rings. The molecule has 0 rings (SSSR count). The van der Waals surface area contributed by atoms with E-state index in [-0.39, 0.29) is 29.6 Å². The normalized spacial score (nSPS) is 12.8. The molecule has 0 amide bonds. The van der Waals surface area contributed by atoms with Crippen LogP contribution in [0.25, 0.3) is 0 Å². The van der Waals surface area contributed by atoms with E-state index < -0.39 is 15.4 Å². The summed E-state index contributed by atoms with van der Waals surface area (Å²) in [6, 6.07) is 0. The molecule has 0 aliphatic rings. The van der Waals surface area contributed by atoms with E-state index in [1.54, 1.807) is 0 Å². The molecule has 0 aromatic heterocycles. The predicted octanol–water partition coefficient (Wildman–Crippen LogP) is 6.27. The summed E-state index contributed by atoms with van der Waals surface area (Å²) in [5.41, 5.74) is 0. The van der Waals surface area contributed by atoms with Crippen molar-refractivity contribution in [3.63, 3.8) is 0 Å². The second kappa shape index (κ2) is 19.7. The molecule has 0 saturated carbocycles. The van der Waals surface area contributed by atoms with E-state index >= 15 is 0 Å². The van der Waals surface area contributed by atoms with Gasteiger partial charge in [-0.3, -0.25) is 4.55 Å². The summed E-state index contributed by atoms with van der Waals surface area (Å²) in [6.07, 6.45) is 19.3. The fraction of sp³-hybridized carbons (Fsp3) is 1.00. The molecule has 25 heavy (non-hydrogen) atoms. The molecule has 0 aliphatic carbocycles. The molecule has 0 heterocycles. The Morgan fingerprint density at radius 3 is 1.16 bits per heavy atom. The molecule has 148 valence electrons. The molecule has 0 saturated heterocycles. The van der Waals surface area contributed by atoms with Crippen LogP contribution in [0.3, 0.4) is 0 Å². The van der Waals surface area contributed by atoms with Crippen LogP contribution in [-0.2, 0) is 10.1 Å². The quantitative estimate of drug-likeness (QED) is 0.172. The van der Waals surface area contributed by atoms with Crippen LogP contribution >= 0.6 is 0 Å². The summed E-state index contributed by atoms with van der Waals surface area (Å²) in [5, 5.41) is -0.534. The first kappa shape index (κ1) is 28.1. The predicted molar refractivity (Wildman–Crippen MR) is 112 cm³/mol. The van der Waals surface area contributed by atoms with Gasteiger partial charge in [-0.05, 0) is 12.8 Å². The Morgan fingerprint density at radius 2 is 0.880 bits per heavy atom. The van der Waals surface area contributed by atoms with Crippen LogP contribution < -0.4 is 0 Å². The fourth-order valence-electron chi connectivity index (χ4n) is 3.28. The van der Waals surface area contributed by atoms with E-state index in [1.807, 2.05) is 0 Å². The summed E-state index contributed by atoms with van der Waals surface area (Å²) in [5.74, 6) is 0. The van der Waals surface area contributed by atoms with E-state index in [0.29, 0.717) is 12.8 Å². The Labute approximate surface area is 180 Å². The van der Waals surface area contributed by atoms with Gasteiger partial charge in [-0.1, -0.05) is 110 Å². The van der Waals surface area contributed by atoms with Gasteiger partial charge in [0.15, 0.2) is 0 Å². The molecular formula is C20H43NaO3S. The van der Waals surface area contributed by atoms with Crippen LogP contribution in [0.5, 0.6) is 0 Å². The summed E-state index contributed by atoms with van der Waals surface area (Å²) in [4.78, 5) is 0. The first-order chi connectivity index (χ1) is 11.5. The van der Waals surface area contributed by atoms with Crippen LogP contribution in [0.2, 0.25) is 0 Å². The van der Waals surface area contributed by atoms with Gasteiger partial charge in [0.2, 0.25) is 0 Å².